The molecule has 1 saturated carbocycles. The average molecular weight is 363 g/mol. The molecule has 2 aliphatic rings. The molecule has 138 valence electrons. The Balaban J connectivity index is 1.49. The Morgan fingerprint density at radius 2 is 2.07 bits per heavy atom. The van der Waals surface area contributed by atoms with E-state index in [1.807, 2.05) is 43.3 Å². The molecule has 27 heavy (non-hydrogen) atoms. The lowest BCUT2D eigenvalue weighted by Crippen LogP contribution is -2.39. The van der Waals surface area contributed by atoms with Gasteiger partial charge in [-0.25, -0.2) is 4.98 Å². The SMILES string of the molecule is Cc1noc2nc(-c3ccccc3)cc(C(=O)NC3COC4(CCC4)C3)c12. The quantitative estimate of drug-likeness (QED) is 0.769. The fourth-order valence-electron chi connectivity index (χ4n) is 4.15. The second-order valence-electron chi connectivity index (χ2n) is 7.59. The molecule has 1 amide bonds. The van der Waals surface area contributed by atoms with Crippen LogP contribution < -0.4 is 5.32 Å². The summed E-state index contributed by atoms with van der Waals surface area (Å²) in [4.78, 5) is 17.7. The Morgan fingerprint density at radius 3 is 2.78 bits per heavy atom. The molecule has 2 aromatic heterocycles. The molecule has 1 N–H and O–H groups in total. The minimum absolute atomic E-state index is 0.00776. The van der Waals surface area contributed by atoms with Crippen LogP contribution in [-0.2, 0) is 4.74 Å². The molecule has 1 spiro atoms. The van der Waals surface area contributed by atoms with Gasteiger partial charge < -0.3 is 14.6 Å². The highest BCUT2D eigenvalue weighted by molar-refractivity contribution is 6.07. The molecule has 1 aliphatic heterocycles. The predicted octanol–water partition coefficient (Wildman–Crippen LogP) is 3.64. The number of ether oxygens (including phenoxy) is 1. The summed E-state index contributed by atoms with van der Waals surface area (Å²) >= 11 is 0. The summed E-state index contributed by atoms with van der Waals surface area (Å²) in [5.41, 5.74) is 3.24. The summed E-state index contributed by atoms with van der Waals surface area (Å²) in [7, 11) is 0. The van der Waals surface area contributed by atoms with Crippen LogP contribution in [0.4, 0.5) is 0 Å². The third kappa shape index (κ3) is 2.80. The summed E-state index contributed by atoms with van der Waals surface area (Å²) in [6, 6.07) is 11.6. The summed E-state index contributed by atoms with van der Waals surface area (Å²) < 4.78 is 11.3. The highest BCUT2D eigenvalue weighted by atomic mass is 16.5. The number of fused-ring (bicyclic) bond motifs is 1. The van der Waals surface area contributed by atoms with E-state index in [4.69, 9.17) is 9.26 Å². The lowest BCUT2D eigenvalue weighted by molar-refractivity contribution is -0.0563. The molecule has 0 radical (unpaired) electrons. The zero-order chi connectivity index (χ0) is 18.4. The van der Waals surface area contributed by atoms with E-state index in [9.17, 15) is 4.79 Å². The maximum Gasteiger partial charge on any atom is 0.259 e. The number of carbonyl (C=O) groups is 1. The van der Waals surface area contributed by atoms with Gasteiger partial charge in [-0.2, -0.15) is 0 Å². The van der Waals surface area contributed by atoms with E-state index in [0.717, 1.165) is 24.8 Å². The van der Waals surface area contributed by atoms with Gasteiger partial charge in [-0.15, -0.1) is 0 Å². The first kappa shape index (κ1) is 16.4. The summed E-state index contributed by atoms with van der Waals surface area (Å²) in [5, 5.41) is 7.82. The molecular formula is C21H21N3O3. The van der Waals surface area contributed by atoms with Gasteiger partial charge in [0.25, 0.3) is 11.6 Å². The lowest BCUT2D eigenvalue weighted by atomic mass is 9.77. The maximum absolute atomic E-state index is 13.1. The fraction of sp³-hybridized carbons (Fsp3) is 0.381. The standard InChI is InChI=1S/C21H21N3O3/c1-13-18-16(19(25)22-15-11-21(26-12-15)8-5-9-21)10-17(23-20(18)27-24-13)14-6-3-2-4-7-14/h2-4,6-7,10,15H,5,8-9,11-12H2,1H3,(H,22,25). The first-order valence-electron chi connectivity index (χ1n) is 9.41. The molecular weight excluding hydrogens is 342 g/mol. The number of pyridine rings is 1. The van der Waals surface area contributed by atoms with Gasteiger partial charge in [0, 0.05) is 5.56 Å². The first-order valence-corrected chi connectivity index (χ1v) is 9.41. The van der Waals surface area contributed by atoms with E-state index in [2.05, 4.69) is 15.5 Å². The molecule has 1 aliphatic carbocycles. The van der Waals surface area contributed by atoms with Gasteiger partial charge in [0.15, 0.2) is 0 Å². The zero-order valence-electron chi connectivity index (χ0n) is 15.2. The van der Waals surface area contributed by atoms with Crippen molar-refractivity contribution in [2.24, 2.45) is 0 Å². The number of carbonyl (C=O) groups excluding carboxylic acids is 1. The van der Waals surface area contributed by atoms with Crippen LogP contribution in [-0.4, -0.2) is 34.3 Å². The Labute approximate surface area is 156 Å². The number of amides is 1. The van der Waals surface area contributed by atoms with E-state index in [0.29, 0.717) is 34.7 Å². The number of aryl methyl sites for hydroxylation is 1. The molecule has 1 saturated heterocycles. The van der Waals surface area contributed by atoms with Gasteiger partial charge in [0.1, 0.15) is 0 Å². The largest absolute Gasteiger partial charge is 0.373 e. The monoisotopic (exact) mass is 363 g/mol. The zero-order valence-corrected chi connectivity index (χ0v) is 15.2. The normalized spacial score (nSPS) is 20.7. The molecule has 0 bridgehead atoms. The van der Waals surface area contributed by atoms with Crippen molar-refractivity contribution in [2.45, 2.75) is 44.2 Å². The van der Waals surface area contributed by atoms with Crippen molar-refractivity contribution in [3.63, 3.8) is 0 Å². The third-order valence-electron chi connectivity index (χ3n) is 5.74. The number of benzene rings is 1. The number of nitrogens with one attached hydrogen (secondary N) is 1. The van der Waals surface area contributed by atoms with Crippen molar-refractivity contribution in [2.75, 3.05) is 6.61 Å². The van der Waals surface area contributed by atoms with Gasteiger partial charge in [-0.3, -0.25) is 4.79 Å². The first-order chi connectivity index (χ1) is 13.1. The number of nitrogens with zero attached hydrogens (tertiary/aromatic N) is 2. The van der Waals surface area contributed by atoms with Gasteiger partial charge in [0.05, 0.1) is 40.6 Å². The van der Waals surface area contributed by atoms with Crippen molar-refractivity contribution in [1.82, 2.24) is 15.5 Å². The van der Waals surface area contributed by atoms with Crippen LogP contribution in [0, 0.1) is 6.92 Å². The Kier molecular flexibility index (Phi) is 3.75. The van der Waals surface area contributed by atoms with Crippen LogP contribution in [0.25, 0.3) is 22.4 Å². The van der Waals surface area contributed by atoms with Crippen molar-refractivity contribution in [3.05, 3.63) is 47.7 Å². The molecule has 6 nitrogen and oxygen atoms in total. The maximum atomic E-state index is 13.1. The van der Waals surface area contributed by atoms with E-state index < -0.39 is 0 Å². The third-order valence-corrected chi connectivity index (χ3v) is 5.74. The number of hydrogen-bond acceptors (Lipinski definition) is 5. The summed E-state index contributed by atoms with van der Waals surface area (Å²) in [6.07, 6.45) is 4.30. The van der Waals surface area contributed by atoms with E-state index >= 15 is 0 Å². The van der Waals surface area contributed by atoms with Gasteiger partial charge in [-0.1, -0.05) is 35.5 Å². The van der Waals surface area contributed by atoms with Gasteiger partial charge >= 0.3 is 0 Å². The smallest absolute Gasteiger partial charge is 0.259 e. The second-order valence-corrected chi connectivity index (χ2v) is 7.59. The predicted molar refractivity (Wildman–Crippen MR) is 100 cm³/mol. The summed E-state index contributed by atoms with van der Waals surface area (Å²) in [6.45, 7) is 2.41. The van der Waals surface area contributed by atoms with E-state index in [-0.39, 0.29) is 17.6 Å². The van der Waals surface area contributed by atoms with Crippen molar-refractivity contribution < 1.29 is 14.1 Å². The topological polar surface area (TPSA) is 77.2 Å². The Morgan fingerprint density at radius 1 is 1.26 bits per heavy atom. The van der Waals surface area contributed by atoms with Crippen LogP contribution >= 0.6 is 0 Å². The van der Waals surface area contributed by atoms with Gasteiger partial charge in [0.2, 0.25) is 0 Å². The number of aromatic nitrogens is 2. The van der Waals surface area contributed by atoms with Crippen LogP contribution in [0.5, 0.6) is 0 Å². The van der Waals surface area contributed by atoms with Crippen LogP contribution in [0.2, 0.25) is 0 Å². The van der Waals surface area contributed by atoms with Crippen molar-refractivity contribution in [1.29, 1.82) is 0 Å². The second kappa shape index (κ2) is 6.16. The average Bonchev–Trinajstić information content (AvgIpc) is 3.26. The molecule has 3 aromatic rings. The van der Waals surface area contributed by atoms with Crippen molar-refractivity contribution >= 4 is 17.0 Å². The van der Waals surface area contributed by atoms with Crippen LogP contribution in [0.15, 0.2) is 40.9 Å². The summed E-state index contributed by atoms with van der Waals surface area (Å²) in [5.74, 6) is -0.129. The minimum Gasteiger partial charge on any atom is -0.373 e. The van der Waals surface area contributed by atoms with E-state index in [1.165, 1.54) is 6.42 Å². The molecule has 1 aromatic carbocycles. The van der Waals surface area contributed by atoms with Crippen molar-refractivity contribution in [3.8, 4) is 11.3 Å². The Hall–Kier alpha value is -2.73. The Bertz CT molecular complexity index is 1010. The highest BCUT2D eigenvalue weighted by Gasteiger charge is 2.45. The highest BCUT2D eigenvalue weighted by Crippen LogP contribution is 2.43. The molecule has 2 fully saturated rings. The van der Waals surface area contributed by atoms with Crippen LogP contribution in [0.3, 0.4) is 0 Å². The van der Waals surface area contributed by atoms with E-state index in [1.54, 1.807) is 0 Å². The number of rotatable bonds is 3. The number of hydrogen-bond donors (Lipinski definition) is 1. The van der Waals surface area contributed by atoms with Crippen LogP contribution in [0.1, 0.15) is 41.7 Å². The molecule has 1 atom stereocenters. The minimum atomic E-state index is -0.129. The molecule has 6 heteroatoms. The fourth-order valence-corrected chi connectivity index (χ4v) is 4.15. The molecule has 3 heterocycles. The lowest BCUT2D eigenvalue weighted by Gasteiger charge is -2.37. The molecule has 1 unspecified atom stereocenters. The molecule has 5 rings (SSSR count). The van der Waals surface area contributed by atoms with Gasteiger partial charge in [-0.05, 0) is 38.7 Å².